The lowest BCUT2D eigenvalue weighted by Gasteiger charge is -2.17. The molecule has 1 aliphatic heterocycles. The van der Waals surface area contributed by atoms with Gasteiger partial charge in [-0.2, -0.15) is 18.4 Å². The molecular weight excluding hydrogens is 399 g/mol. The van der Waals surface area contributed by atoms with E-state index in [1.807, 2.05) is 6.07 Å². The number of nitriles is 1. The van der Waals surface area contributed by atoms with Crippen LogP contribution in [0.5, 0.6) is 11.5 Å². The van der Waals surface area contributed by atoms with Crippen LogP contribution < -0.4 is 9.47 Å². The minimum Gasteiger partial charge on any atom is -0.465 e. The molecule has 0 bridgehead atoms. The molecule has 30 heavy (non-hydrogen) atoms. The number of hydrogen-bond donors (Lipinski definition) is 0. The van der Waals surface area contributed by atoms with E-state index in [1.54, 1.807) is 18.2 Å². The van der Waals surface area contributed by atoms with Crippen molar-refractivity contribution in [3.05, 3.63) is 59.2 Å². The van der Waals surface area contributed by atoms with Crippen LogP contribution in [0, 0.1) is 11.3 Å². The van der Waals surface area contributed by atoms with Crippen molar-refractivity contribution in [2.24, 2.45) is 0 Å². The molecule has 3 aromatic carbocycles. The van der Waals surface area contributed by atoms with Gasteiger partial charge in [-0.3, -0.25) is 0 Å². The van der Waals surface area contributed by atoms with Gasteiger partial charge in [0.25, 0.3) is 0 Å². The SMILES string of the molecule is COC(=O)c1cc2ccc3c(c2c(-c2ccc(C(F)(F)F)cc2)c1CC#N)OCO3. The van der Waals surface area contributed by atoms with Gasteiger partial charge in [0.15, 0.2) is 11.5 Å². The summed E-state index contributed by atoms with van der Waals surface area (Å²) >= 11 is 0. The number of benzene rings is 3. The molecular formula is C22H14F3NO4. The molecule has 1 aliphatic rings. The lowest BCUT2D eigenvalue weighted by Crippen LogP contribution is -2.08. The predicted octanol–water partition coefficient (Wildman–Crippen LogP) is 5.11. The second kappa shape index (κ2) is 7.26. The van der Waals surface area contributed by atoms with E-state index in [0.29, 0.717) is 39.0 Å². The van der Waals surface area contributed by atoms with E-state index in [-0.39, 0.29) is 18.8 Å². The van der Waals surface area contributed by atoms with Gasteiger partial charge in [0.05, 0.1) is 30.7 Å². The molecule has 0 atom stereocenters. The number of esters is 1. The molecule has 0 radical (unpaired) electrons. The number of fused-ring (bicyclic) bond motifs is 3. The quantitative estimate of drug-likeness (QED) is 0.559. The maximum atomic E-state index is 13.0. The van der Waals surface area contributed by atoms with Gasteiger partial charge >= 0.3 is 12.1 Å². The van der Waals surface area contributed by atoms with E-state index < -0.39 is 17.7 Å². The highest BCUT2D eigenvalue weighted by Crippen LogP contribution is 2.46. The zero-order valence-electron chi connectivity index (χ0n) is 15.7. The number of hydrogen-bond acceptors (Lipinski definition) is 5. The molecule has 0 saturated carbocycles. The first-order valence-electron chi connectivity index (χ1n) is 8.86. The van der Waals surface area contributed by atoms with Gasteiger partial charge in [0.1, 0.15) is 0 Å². The highest BCUT2D eigenvalue weighted by Gasteiger charge is 2.31. The molecule has 4 rings (SSSR count). The van der Waals surface area contributed by atoms with E-state index in [4.69, 9.17) is 14.2 Å². The minimum atomic E-state index is -4.48. The molecule has 8 heteroatoms. The van der Waals surface area contributed by atoms with Crippen LogP contribution in [0.2, 0.25) is 0 Å². The number of carbonyl (C=O) groups is 1. The lowest BCUT2D eigenvalue weighted by atomic mass is 9.87. The van der Waals surface area contributed by atoms with E-state index >= 15 is 0 Å². The molecule has 0 spiro atoms. The Morgan fingerprint density at radius 1 is 1.17 bits per heavy atom. The van der Waals surface area contributed by atoms with E-state index in [9.17, 15) is 23.2 Å². The molecule has 5 nitrogen and oxygen atoms in total. The van der Waals surface area contributed by atoms with Crippen LogP contribution >= 0.6 is 0 Å². The lowest BCUT2D eigenvalue weighted by molar-refractivity contribution is -0.137. The summed E-state index contributed by atoms with van der Waals surface area (Å²) in [6, 6.07) is 11.6. The van der Waals surface area contributed by atoms with Gasteiger partial charge in [-0.1, -0.05) is 18.2 Å². The van der Waals surface area contributed by atoms with Crippen molar-refractivity contribution in [2.45, 2.75) is 12.6 Å². The Hall–Kier alpha value is -3.73. The molecule has 0 fully saturated rings. The number of nitrogens with zero attached hydrogens (tertiary/aromatic N) is 1. The third kappa shape index (κ3) is 3.18. The van der Waals surface area contributed by atoms with Crippen LogP contribution in [0.4, 0.5) is 13.2 Å². The highest BCUT2D eigenvalue weighted by molar-refractivity contribution is 6.09. The summed E-state index contributed by atoms with van der Waals surface area (Å²) in [6.45, 7) is -0.00671. The summed E-state index contributed by atoms with van der Waals surface area (Å²) < 4.78 is 55.0. The number of ether oxygens (including phenoxy) is 3. The van der Waals surface area contributed by atoms with Crippen molar-refractivity contribution in [2.75, 3.05) is 13.9 Å². The monoisotopic (exact) mass is 413 g/mol. The molecule has 3 aromatic rings. The summed E-state index contributed by atoms with van der Waals surface area (Å²) in [6.07, 6.45) is -4.64. The average Bonchev–Trinajstić information content (AvgIpc) is 3.21. The Balaban J connectivity index is 2.09. The van der Waals surface area contributed by atoms with Crippen LogP contribution in [0.3, 0.4) is 0 Å². The number of alkyl halides is 3. The van der Waals surface area contributed by atoms with E-state index in [2.05, 4.69) is 0 Å². The topological polar surface area (TPSA) is 68.6 Å². The Morgan fingerprint density at radius 3 is 2.53 bits per heavy atom. The van der Waals surface area contributed by atoms with Gasteiger partial charge in [-0.25, -0.2) is 4.79 Å². The fraction of sp³-hybridized carbons (Fsp3) is 0.182. The molecule has 152 valence electrons. The van der Waals surface area contributed by atoms with E-state index in [1.165, 1.54) is 19.2 Å². The van der Waals surface area contributed by atoms with Crippen molar-refractivity contribution < 1.29 is 32.2 Å². The largest absolute Gasteiger partial charge is 0.465 e. The molecule has 0 aliphatic carbocycles. The smallest absolute Gasteiger partial charge is 0.416 e. The molecule has 0 aromatic heterocycles. The number of carbonyl (C=O) groups excluding carboxylic acids is 1. The Kier molecular flexibility index (Phi) is 4.74. The molecule has 1 heterocycles. The zero-order valence-corrected chi connectivity index (χ0v) is 15.7. The average molecular weight is 413 g/mol. The van der Waals surface area contributed by atoms with Gasteiger partial charge in [0.2, 0.25) is 6.79 Å². The Morgan fingerprint density at radius 2 is 1.90 bits per heavy atom. The fourth-order valence-electron chi connectivity index (χ4n) is 3.59. The summed E-state index contributed by atoms with van der Waals surface area (Å²) in [5, 5.41) is 10.5. The van der Waals surface area contributed by atoms with Crippen molar-refractivity contribution in [1.29, 1.82) is 5.26 Å². The molecule has 0 unspecified atom stereocenters. The van der Waals surface area contributed by atoms with Crippen LogP contribution in [0.25, 0.3) is 21.9 Å². The third-order valence-electron chi connectivity index (χ3n) is 4.91. The summed E-state index contributed by atoms with van der Waals surface area (Å²) in [4.78, 5) is 12.4. The fourth-order valence-corrected chi connectivity index (χ4v) is 3.59. The first kappa shape index (κ1) is 19.6. The number of methoxy groups -OCH3 is 1. The summed E-state index contributed by atoms with van der Waals surface area (Å²) in [5.74, 6) is 0.246. The highest BCUT2D eigenvalue weighted by atomic mass is 19.4. The van der Waals surface area contributed by atoms with Crippen molar-refractivity contribution in [3.8, 4) is 28.7 Å². The summed E-state index contributed by atoms with van der Waals surface area (Å²) in [5.41, 5.74) is 0.561. The number of rotatable bonds is 3. The second-order valence-corrected chi connectivity index (χ2v) is 6.58. The minimum absolute atomic E-state index is 0.00671. The van der Waals surface area contributed by atoms with E-state index in [0.717, 1.165) is 12.1 Å². The Labute approximate surface area is 169 Å². The maximum Gasteiger partial charge on any atom is 0.416 e. The van der Waals surface area contributed by atoms with Crippen LogP contribution in [0.15, 0.2) is 42.5 Å². The van der Waals surface area contributed by atoms with Crippen molar-refractivity contribution in [1.82, 2.24) is 0 Å². The van der Waals surface area contributed by atoms with Crippen molar-refractivity contribution in [3.63, 3.8) is 0 Å². The molecule has 0 amide bonds. The first-order chi connectivity index (χ1) is 14.3. The number of halogens is 3. The molecule has 0 saturated heterocycles. The zero-order chi connectivity index (χ0) is 21.5. The van der Waals surface area contributed by atoms with Crippen LogP contribution in [-0.2, 0) is 17.3 Å². The maximum absolute atomic E-state index is 13.0. The predicted molar refractivity (Wildman–Crippen MR) is 101 cm³/mol. The van der Waals surface area contributed by atoms with Gasteiger partial charge in [-0.15, -0.1) is 0 Å². The third-order valence-corrected chi connectivity index (χ3v) is 4.91. The normalized spacial score (nSPS) is 12.6. The molecule has 0 N–H and O–H groups in total. The van der Waals surface area contributed by atoms with Crippen molar-refractivity contribution >= 4 is 16.7 Å². The standard InChI is InChI=1S/C22H14F3NO4/c1-28-21(27)16-10-13-4-7-17-20(30-11-29-17)19(13)18(15(16)8-9-26)12-2-5-14(6-3-12)22(23,24)25/h2-7,10H,8,11H2,1H3. The van der Waals surface area contributed by atoms with Gasteiger partial charge in [0, 0.05) is 5.39 Å². The Bertz CT molecular complexity index is 1190. The second-order valence-electron chi connectivity index (χ2n) is 6.58. The van der Waals surface area contributed by atoms with Crippen LogP contribution in [0.1, 0.15) is 21.5 Å². The van der Waals surface area contributed by atoms with Crippen LogP contribution in [-0.4, -0.2) is 19.9 Å². The van der Waals surface area contributed by atoms with Gasteiger partial charge < -0.3 is 14.2 Å². The summed E-state index contributed by atoms with van der Waals surface area (Å²) in [7, 11) is 1.22. The van der Waals surface area contributed by atoms with Gasteiger partial charge in [-0.05, 0) is 46.3 Å². The first-order valence-corrected chi connectivity index (χ1v) is 8.86.